The number of pyridine rings is 1. The average molecular weight is 438 g/mol. The van der Waals surface area contributed by atoms with Gasteiger partial charge in [0.25, 0.3) is 0 Å². The lowest BCUT2D eigenvalue weighted by Crippen LogP contribution is -2.57. The first-order chi connectivity index (χ1) is 15.0. The minimum atomic E-state index is -0.366. The van der Waals surface area contributed by atoms with Crippen LogP contribution in [0, 0.1) is 24.2 Å². The molecule has 5 rings (SSSR count). The fourth-order valence-corrected chi connectivity index (χ4v) is 6.18. The number of aromatic nitrogens is 2. The molecule has 31 heavy (non-hydrogen) atoms. The van der Waals surface area contributed by atoms with Gasteiger partial charge < -0.3 is 14.5 Å². The summed E-state index contributed by atoms with van der Waals surface area (Å²) in [4.78, 5) is 26.5. The fraction of sp³-hybridized carbons (Fsp3) is 0.565. The zero-order chi connectivity index (χ0) is 21.6. The van der Waals surface area contributed by atoms with E-state index in [1.807, 2.05) is 24.0 Å². The van der Waals surface area contributed by atoms with E-state index >= 15 is 0 Å². The molecule has 0 N–H and O–H groups in total. The van der Waals surface area contributed by atoms with Crippen LogP contribution in [0.1, 0.15) is 48.9 Å². The number of carbonyl (C=O) groups is 1. The van der Waals surface area contributed by atoms with E-state index < -0.39 is 0 Å². The van der Waals surface area contributed by atoms with Crippen molar-refractivity contribution in [3.8, 4) is 6.07 Å². The quantitative estimate of drug-likeness (QED) is 0.714. The molecule has 1 amide bonds. The van der Waals surface area contributed by atoms with Crippen LogP contribution >= 0.6 is 11.3 Å². The summed E-state index contributed by atoms with van der Waals surface area (Å²) in [6.07, 6.45) is 5.66. The van der Waals surface area contributed by atoms with Gasteiger partial charge in [-0.3, -0.25) is 4.79 Å². The largest absolute Gasteiger partial charge is 0.358 e. The molecule has 2 aromatic rings. The molecule has 2 aliphatic heterocycles. The molecule has 2 saturated heterocycles. The van der Waals surface area contributed by atoms with Crippen molar-refractivity contribution in [2.45, 2.75) is 57.2 Å². The zero-order valence-corrected chi connectivity index (χ0v) is 18.8. The minimum absolute atomic E-state index is 0.0658. The van der Waals surface area contributed by atoms with Gasteiger partial charge in [0.15, 0.2) is 0 Å². The molecule has 3 atom stereocenters. The number of anilines is 1. The Bertz CT molecular complexity index is 1010. The summed E-state index contributed by atoms with van der Waals surface area (Å²) < 4.78 is 6.23. The maximum Gasteiger partial charge on any atom is 0.248 e. The highest BCUT2D eigenvalue weighted by Crippen LogP contribution is 2.46. The molecule has 0 radical (unpaired) electrons. The SMILES string of the molecule is Cc1csc(C2(OCC(=O)N3CC4C[C@H](C)C(C3)N4c3ccc(C#N)cn3)CCC2)n1. The minimum Gasteiger partial charge on any atom is -0.358 e. The number of hydrogen-bond acceptors (Lipinski definition) is 7. The summed E-state index contributed by atoms with van der Waals surface area (Å²) in [6.45, 7) is 5.73. The van der Waals surface area contributed by atoms with Crippen molar-refractivity contribution in [2.24, 2.45) is 5.92 Å². The Balaban J connectivity index is 1.25. The van der Waals surface area contributed by atoms with E-state index in [2.05, 4.69) is 33.2 Å². The van der Waals surface area contributed by atoms with E-state index in [1.54, 1.807) is 17.5 Å². The second-order valence-corrected chi connectivity index (χ2v) is 9.95. The third kappa shape index (κ3) is 3.60. The lowest BCUT2D eigenvalue weighted by Gasteiger charge is -2.43. The molecule has 8 heteroatoms. The van der Waals surface area contributed by atoms with Crippen LogP contribution in [0.5, 0.6) is 0 Å². The number of thiazole rings is 1. The van der Waals surface area contributed by atoms with Gasteiger partial charge in [-0.1, -0.05) is 6.92 Å². The summed E-state index contributed by atoms with van der Waals surface area (Å²) >= 11 is 1.64. The first-order valence-corrected chi connectivity index (χ1v) is 11.9. The van der Waals surface area contributed by atoms with Crippen LogP contribution in [0.2, 0.25) is 0 Å². The second kappa shape index (κ2) is 7.88. The Morgan fingerprint density at radius 3 is 2.81 bits per heavy atom. The number of rotatable bonds is 5. The molecule has 7 nitrogen and oxygen atoms in total. The Kier molecular flexibility index (Phi) is 5.19. The molecular weight excluding hydrogens is 410 g/mol. The summed E-state index contributed by atoms with van der Waals surface area (Å²) in [5.41, 5.74) is 1.21. The molecule has 1 saturated carbocycles. The topological polar surface area (TPSA) is 82.4 Å². The van der Waals surface area contributed by atoms with Crippen LogP contribution in [0.25, 0.3) is 0 Å². The van der Waals surface area contributed by atoms with Crippen molar-refractivity contribution in [1.82, 2.24) is 14.9 Å². The molecule has 2 bridgehead atoms. The van der Waals surface area contributed by atoms with Crippen LogP contribution in [-0.2, 0) is 15.1 Å². The van der Waals surface area contributed by atoms with Gasteiger partial charge in [0.1, 0.15) is 29.1 Å². The molecular formula is C23H27N5O2S. The molecule has 4 heterocycles. The molecule has 162 valence electrons. The third-order valence-electron chi connectivity index (χ3n) is 7.03. The number of carbonyl (C=O) groups excluding carboxylic acids is 1. The number of nitrogens with zero attached hydrogens (tertiary/aromatic N) is 5. The number of hydrogen-bond donors (Lipinski definition) is 0. The van der Waals surface area contributed by atoms with Gasteiger partial charge in [0, 0.05) is 36.4 Å². The molecule has 3 fully saturated rings. The van der Waals surface area contributed by atoms with Gasteiger partial charge >= 0.3 is 0 Å². The number of nitriles is 1. The lowest BCUT2D eigenvalue weighted by atomic mass is 9.80. The van der Waals surface area contributed by atoms with Crippen molar-refractivity contribution in [2.75, 3.05) is 24.6 Å². The van der Waals surface area contributed by atoms with Gasteiger partial charge in [0.2, 0.25) is 5.91 Å². The number of amides is 1. The van der Waals surface area contributed by atoms with E-state index in [0.717, 1.165) is 42.2 Å². The number of ether oxygens (including phenoxy) is 1. The van der Waals surface area contributed by atoms with E-state index in [-0.39, 0.29) is 30.2 Å². The summed E-state index contributed by atoms with van der Waals surface area (Å²) in [7, 11) is 0. The molecule has 3 aliphatic rings. The zero-order valence-electron chi connectivity index (χ0n) is 18.0. The summed E-state index contributed by atoms with van der Waals surface area (Å²) in [5.74, 6) is 1.45. The van der Waals surface area contributed by atoms with Crippen molar-refractivity contribution in [3.05, 3.63) is 40.0 Å². The van der Waals surface area contributed by atoms with E-state index in [4.69, 9.17) is 10.00 Å². The van der Waals surface area contributed by atoms with Crippen LogP contribution < -0.4 is 4.90 Å². The first-order valence-electron chi connectivity index (χ1n) is 11.0. The Morgan fingerprint density at radius 1 is 1.39 bits per heavy atom. The normalized spacial score (nSPS) is 26.4. The van der Waals surface area contributed by atoms with Gasteiger partial charge in [-0.2, -0.15) is 5.26 Å². The summed E-state index contributed by atoms with van der Waals surface area (Å²) in [6, 6.07) is 6.35. The monoisotopic (exact) mass is 437 g/mol. The number of likely N-dealkylation sites (tertiary alicyclic amines) is 1. The summed E-state index contributed by atoms with van der Waals surface area (Å²) in [5, 5.41) is 12.1. The number of aryl methyl sites for hydroxylation is 1. The number of fused-ring (bicyclic) bond motifs is 2. The van der Waals surface area contributed by atoms with E-state index in [1.165, 1.54) is 0 Å². The maximum absolute atomic E-state index is 13.1. The first kappa shape index (κ1) is 20.4. The van der Waals surface area contributed by atoms with Gasteiger partial charge in [-0.15, -0.1) is 11.3 Å². The Hall–Kier alpha value is -2.50. The molecule has 2 aromatic heterocycles. The molecule has 2 unspecified atom stereocenters. The third-order valence-corrected chi connectivity index (χ3v) is 8.17. The van der Waals surface area contributed by atoms with Crippen LogP contribution in [0.15, 0.2) is 23.7 Å². The predicted molar refractivity (Wildman–Crippen MR) is 118 cm³/mol. The van der Waals surface area contributed by atoms with Crippen LogP contribution in [-0.4, -0.2) is 52.6 Å². The molecule has 0 aromatic carbocycles. The highest BCUT2D eigenvalue weighted by atomic mass is 32.1. The second-order valence-electron chi connectivity index (χ2n) is 9.09. The lowest BCUT2D eigenvalue weighted by molar-refractivity contribution is -0.154. The predicted octanol–water partition coefficient (Wildman–Crippen LogP) is 3.24. The van der Waals surface area contributed by atoms with Crippen molar-refractivity contribution in [3.63, 3.8) is 0 Å². The van der Waals surface area contributed by atoms with E-state index in [0.29, 0.717) is 24.6 Å². The van der Waals surface area contributed by atoms with Gasteiger partial charge in [-0.05, 0) is 50.7 Å². The maximum atomic E-state index is 13.1. The van der Waals surface area contributed by atoms with Crippen LogP contribution in [0.3, 0.4) is 0 Å². The van der Waals surface area contributed by atoms with Crippen molar-refractivity contribution in [1.29, 1.82) is 5.26 Å². The van der Waals surface area contributed by atoms with Crippen molar-refractivity contribution < 1.29 is 9.53 Å². The van der Waals surface area contributed by atoms with Crippen molar-refractivity contribution >= 4 is 23.1 Å². The average Bonchev–Trinajstić information content (AvgIpc) is 3.26. The highest BCUT2D eigenvalue weighted by Gasteiger charge is 2.47. The Labute approximate surface area is 186 Å². The van der Waals surface area contributed by atoms with Gasteiger partial charge in [0.05, 0.1) is 11.6 Å². The Morgan fingerprint density at radius 2 is 2.23 bits per heavy atom. The van der Waals surface area contributed by atoms with Crippen LogP contribution in [0.4, 0.5) is 5.82 Å². The van der Waals surface area contributed by atoms with Gasteiger partial charge in [-0.25, -0.2) is 9.97 Å². The standard InChI is InChI=1S/C23H27N5O2S/c1-15-8-18-11-27(12-19(15)28(18)20-5-4-17(9-24)10-25-20)21(29)13-30-23(6-3-7-23)22-26-16(2)14-31-22/h4-5,10,14-15,18-19H,3,6-8,11-13H2,1-2H3/t15-,18?,19?/m0/s1. The van der Waals surface area contributed by atoms with E-state index in [9.17, 15) is 4.79 Å². The molecule has 1 aliphatic carbocycles. The highest BCUT2D eigenvalue weighted by molar-refractivity contribution is 7.09. The fourth-order valence-electron chi connectivity index (χ4n) is 5.17. The number of piperazine rings is 1. The smallest absolute Gasteiger partial charge is 0.248 e. The molecule has 0 spiro atoms.